The van der Waals surface area contributed by atoms with Crippen molar-refractivity contribution in [2.45, 2.75) is 23.1 Å². The number of azo groups is 2. The molecular formula is C20H19CuFN4O9S2. The molecule has 0 unspecified atom stereocenters. The van der Waals surface area contributed by atoms with Gasteiger partial charge in [0.25, 0.3) is 20.2 Å². The van der Waals surface area contributed by atoms with E-state index in [0.717, 1.165) is 30.4 Å². The molecule has 0 saturated heterocycles. The van der Waals surface area contributed by atoms with Crippen molar-refractivity contribution in [3.05, 3.63) is 66.9 Å². The van der Waals surface area contributed by atoms with Crippen molar-refractivity contribution in [1.29, 1.82) is 0 Å². The molecule has 203 valence electrons. The van der Waals surface area contributed by atoms with Crippen molar-refractivity contribution in [2.24, 2.45) is 20.5 Å². The van der Waals surface area contributed by atoms with Crippen molar-refractivity contribution in [3.63, 3.8) is 0 Å². The molecule has 4 N–H and O–H groups in total. The smallest absolute Gasteiger partial charge is 0.296 e. The zero-order valence-corrected chi connectivity index (χ0v) is 21.3. The van der Waals surface area contributed by atoms with Crippen molar-refractivity contribution in [2.75, 3.05) is 0 Å². The molecule has 2 aromatic carbocycles. The first-order valence-corrected chi connectivity index (χ1v) is 12.4. The van der Waals surface area contributed by atoms with Crippen LogP contribution in [0.1, 0.15) is 13.3 Å². The topological polar surface area (TPSA) is 208 Å². The molecule has 1 radical (unpaired) electrons. The second-order valence-corrected chi connectivity index (χ2v) is 9.50. The van der Waals surface area contributed by atoms with Crippen LogP contribution in [0.5, 0.6) is 5.75 Å². The predicted octanol–water partition coefficient (Wildman–Crippen LogP) is 5.50. The second kappa shape index (κ2) is 12.7. The van der Waals surface area contributed by atoms with E-state index in [1.54, 1.807) is 6.92 Å². The Labute approximate surface area is 221 Å². The molecule has 0 saturated carbocycles. The maximum Gasteiger partial charge on any atom is 0.296 e. The summed E-state index contributed by atoms with van der Waals surface area (Å²) in [6, 6.07) is 2.31. The first kappa shape index (κ1) is 31.6. The van der Waals surface area contributed by atoms with E-state index in [1.807, 2.05) is 0 Å². The number of fused-ring (bicyclic) bond motifs is 1. The largest absolute Gasteiger partial charge is 0.506 e. The number of aliphatic hydroxyl groups excluding tert-OH is 1. The summed E-state index contributed by atoms with van der Waals surface area (Å²) in [6.45, 7) is 8.28. The van der Waals surface area contributed by atoms with Gasteiger partial charge in [0.1, 0.15) is 27.7 Å². The minimum Gasteiger partial charge on any atom is -0.506 e. The van der Waals surface area contributed by atoms with Gasteiger partial charge in [0.15, 0.2) is 12.0 Å². The summed E-state index contributed by atoms with van der Waals surface area (Å²) in [5.74, 6) is -1.45. The van der Waals surface area contributed by atoms with Gasteiger partial charge in [-0.1, -0.05) is 20.1 Å². The molecule has 0 amide bonds. The van der Waals surface area contributed by atoms with Crippen LogP contribution >= 0.6 is 0 Å². The number of aliphatic hydroxyl groups is 1. The summed E-state index contributed by atoms with van der Waals surface area (Å²) in [7, 11) is -9.97. The zero-order chi connectivity index (χ0) is 27.3. The van der Waals surface area contributed by atoms with E-state index in [-0.39, 0.29) is 45.7 Å². The van der Waals surface area contributed by atoms with Crippen LogP contribution in [0.15, 0.2) is 97.2 Å². The summed E-state index contributed by atoms with van der Waals surface area (Å²) in [6.07, 6.45) is 2.74. The van der Waals surface area contributed by atoms with E-state index in [2.05, 4.69) is 38.6 Å². The number of rotatable bonds is 10. The van der Waals surface area contributed by atoms with Crippen molar-refractivity contribution in [3.8, 4) is 5.75 Å². The van der Waals surface area contributed by atoms with Gasteiger partial charge < -0.3 is 15.2 Å². The number of aromatic hydroxyl groups is 1. The van der Waals surface area contributed by atoms with Crippen LogP contribution in [0.4, 0.5) is 15.9 Å². The van der Waals surface area contributed by atoms with E-state index in [1.165, 1.54) is 0 Å². The fraction of sp³-hybridized carbons (Fsp3) is 0.100. The van der Waals surface area contributed by atoms with Gasteiger partial charge in [-0.15, -0.1) is 15.3 Å². The fourth-order valence-corrected chi connectivity index (χ4v) is 3.91. The fourth-order valence-electron chi connectivity index (χ4n) is 2.71. The van der Waals surface area contributed by atoms with E-state index < -0.39 is 52.9 Å². The van der Waals surface area contributed by atoms with Gasteiger partial charge in [0.2, 0.25) is 0 Å². The molecule has 2 aromatic rings. The third kappa shape index (κ3) is 7.51. The Morgan fingerprint density at radius 1 is 1.05 bits per heavy atom. The molecule has 0 aliphatic heterocycles. The maximum absolute atomic E-state index is 12.2. The summed E-state index contributed by atoms with van der Waals surface area (Å²) in [4.78, 5) is 1.60. The van der Waals surface area contributed by atoms with Crippen LogP contribution in [-0.2, 0) is 42.2 Å². The molecule has 0 aromatic heterocycles. The Hall–Kier alpha value is -3.47. The third-order valence-electron chi connectivity index (χ3n) is 4.41. The number of benzene rings is 2. The van der Waals surface area contributed by atoms with Crippen LogP contribution in [0.25, 0.3) is 10.8 Å². The third-order valence-corrected chi connectivity index (χ3v) is 6.11. The molecule has 0 fully saturated rings. The van der Waals surface area contributed by atoms with Gasteiger partial charge in [-0.3, -0.25) is 9.11 Å². The van der Waals surface area contributed by atoms with Gasteiger partial charge >= 0.3 is 0 Å². The monoisotopic (exact) mass is 605 g/mol. The molecule has 0 atom stereocenters. The van der Waals surface area contributed by atoms with Gasteiger partial charge in [-0.2, -0.15) is 21.9 Å². The number of nitrogens with zero attached hydrogens (tertiary/aromatic N) is 4. The predicted molar refractivity (Wildman–Crippen MR) is 125 cm³/mol. The number of phenols is 1. The maximum atomic E-state index is 12.2. The minimum atomic E-state index is -5.10. The molecule has 13 nitrogen and oxygen atoms in total. The zero-order valence-electron chi connectivity index (χ0n) is 18.7. The Morgan fingerprint density at radius 2 is 1.70 bits per heavy atom. The van der Waals surface area contributed by atoms with Crippen molar-refractivity contribution >= 4 is 42.4 Å². The Bertz CT molecular complexity index is 1570. The van der Waals surface area contributed by atoms with Gasteiger partial charge in [0.05, 0.1) is 16.0 Å². The summed E-state index contributed by atoms with van der Waals surface area (Å²) < 4.78 is 78.9. The number of allylic oxidation sites excluding steroid dienone is 3. The van der Waals surface area contributed by atoms with Crippen molar-refractivity contribution in [1.82, 2.24) is 0 Å². The van der Waals surface area contributed by atoms with Crippen molar-refractivity contribution < 1.29 is 62.7 Å². The SMILES string of the molecule is C=C/C(O)=C(\C=C)N=Nc1c(S(=O)(=O)O)cc2cc(S(=O)(=O)O)cc(N=N/C(=C\OF)CC)c2c1O.[Cu]. The van der Waals surface area contributed by atoms with Crippen LogP contribution in [0.2, 0.25) is 0 Å². The van der Waals surface area contributed by atoms with Gasteiger partial charge in [0, 0.05) is 21.6 Å². The van der Waals surface area contributed by atoms with Crippen LogP contribution in [0, 0.1) is 0 Å². The molecule has 0 aliphatic carbocycles. The van der Waals surface area contributed by atoms with E-state index >= 15 is 0 Å². The van der Waals surface area contributed by atoms with Crippen LogP contribution in [-0.4, -0.2) is 36.2 Å². The summed E-state index contributed by atoms with van der Waals surface area (Å²) in [5, 5.41) is 34.6. The number of phenolic OH excluding ortho intramolecular Hbond substituents is 1. The average molecular weight is 606 g/mol. The van der Waals surface area contributed by atoms with E-state index in [4.69, 9.17) is 0 Å². The quantitative estimate of drug-likeness (QED) is 0.0884. The molecule has 17 heteroatoms. The van der Waals surface area contributed by atoms with E-state index in [0.29, 0.717) is 6.26 Å². The van der Waals surface area contributed by atoms with Gasteiger partial charge in [-0.25, -0.2) is 0 Å². The van der Waals surface area contributed by atoms with Gasteiger partial charge in [-0.05, 0) is 42.2 Å². The molecule has 0 bridgehead atoms. The first-order chi connectivity index (χ1) is 16.8. The molecular weight excluding hydrogens is 587 g/mol. The van der Waals surface area contributed by atoms with Crippen LogP contribution in [0.3, 0.4) is 0 Å². The molecule has 37 heavy (non-hydrogen) atoms. The minimum absolute atomic E-state index is 0. The normalized spacial score (nSPS) is 13.5. The molecule has 2 rings (SSSR count). The van der Waals surface area contributed by atoms with E-state index in [9.17, 15) is 40.7 Å². The average Bonchev–Trinajstić information content (AvgIpc) is 2.80. The summed E-state index contributed by atoms with van der Waals surface area (Å²) >= 11 is 0. The van der Waals surface area contributed by atoms with Crippen LogP contribution < -0.4 is 0 Å². The first-order valence-electron chi connectivity index (χ1n) is 9.55. The Morgan fingerprint density at radius 3 is 2.19 bits per heavy atom. The molecule has 0 spiro atoms. The Balaban J connectivity index is 0.00000684. The number of hydrogen-bond donors (Lipinski definition) is 4. The molecule has 0 heterocycles. The Kier molecular flexibility index (Phi) is 10.8. The second-order valence-electron chi connectivity index (χ2n) is 6.69. The number of hydrogen-bond acceptors (Lipinski definition) is 11. The number of halogens is 1. The summed E-state index contributed by atoms with van der Waals surface area (Å²) in [5.41, 5.74) is -1.59. The standard InChI is InChI=1S/C20H19FN4O9S2.Cu/c1-4-12(10-34-21)22-24-15-9-13(35(28,29)30)7-11-8-17(36(31,32)33)19(20(27)18(11)15)25-23-14(5-2)16(26)6-3;/h5-10,26-27H,2-4H2,1H3,(H,28,29,30)(H,31,32,33);/b12-10-,16-14-,24-22?,25-23?;. The molecule has 0 aliphatic rings.